The number of anilines is 1. The Hall–Kier alpha value is -3.29. The fraction of sp³-hybridized carbons (Fsp3) is 0.0455. The van der Waals surface area contributed by atoms with Gasteiger partial charge in [-0.3, -0.25) is 14.6 Å². The molecular formula is C22H16ClN3O3S. The van der Waals surface area contributed by atoms with Gasteiger partial charge >= 0.3 is 0 Å². The molecule has 0 fully saturated rings. The van der Waals surface area contributed by atoms with Gasteiger partial charge in [0.2, 0.25) is 5.78 Å². The lowest BCUT2D eigenvalue weighted by Crippen LogP contribution is -2.25. The van der Waals surface area contributed by atoms with Crippen LogP contribution in [0.1, 0.15) is 31.8 Å². The molecule has 1 amide bonds. The average molecular weight is 438 g/mol. The van der Waals surface area contributed by atoms with E-state index in [1.807, 2.05) is 6.07 Å². The zero-order valence-corrected chi connectivity index (χ0v) is 17.2. The molecule has 2 heterocycles. The Labute approximate surface area is 180 Å². The molecule has 0 saturated heterocycles. The van der Waals surface area contributed by atoms with Crippen molar-refractivity contribution in [1.29, 1.82) is 0 Å². The van der Waals surface area contributed by atoms with Crippen molar-refractivity contribution < 1.29 is 13.8 Å². The minimum Gasteiger partial charge on any atom is -0.348 e. The first-order chi connectivity index (χ1) is 14.5. The van der Waals surface area contributed by atoms with Crippen molar-refractivity contribution >= 4 is 46.0 Å². The second-order valence-electron chi connectivity index (χ2n) is 6.57. The van der Waals surface area contributed by atoms with Crippen molar-refractivity contribution in [3.05, 3.63) is 99.2 Å². The minimum absolute atomic E-state index is 0.0951. The molecule has 1 aliphatic heterocycles. The third-order valence-electron chi connectivity index (χ3n) is 4.47. The summed E-state index contributed by atoms with van der Waals surface area (Å²) in [5, 5.41) is 3.32. The molecule has 1 unspecified atom stereocenters. The fourth-order valence-corrected chi connectivity index (χ4v) is 4.20. The molecule has 0 bridgehead atoms. The summed E-state index contributed by atoms with van der Waals surface area (Å²) in [5.74, 6) is -0.717. The van der Waals surface area contributed by atoms with Crippen LogP contribution < -0.4 is 10.0 Å². The SMILES string of the molecule is O=C(NCc1cccnc1)c1ccc2c(c1)C(=O)/C(=C/c1cccc(Cl)c1)S(=O)N2. The molecule has 0 spiro atoms. The van der Waals surface area contributed by atoms with Gasteiger partial charge in [-0.1, -0.05) is 29.8 Å². The third-order valence-corrected chi connectivity index (χ3v) is 5.82. The van der Waals surface area contributed by atoms with Crippen LogP contribution in [0.5, 0.6) is 0 Å². The number of aromatic nitrogens is 1. The van der Waals surface area contributed by atoms with Gasteiger partial charge in [-0.2, -0.15) is 0 Å². The van der Waals surface area contributed by atoms with E-state index < -0.39 is 16.8 Å². The average Bonchev–Trinajstić information content (AvgIpc) is 2.75. The second-order valence-corrected chi connectivity index (χ2v) is 8.19. The molecule has 0 saturated carbocycles. The predicted molar refractivity (Wildman–Crippen MR) is 117 cm³/mol. The van der Waals surface area contributed by atoms with Crippen LogP contribution in [-0.2, 0) is 17.5 Å². The first-order valence-corrected chi connectivity index (χ1v) is 10.6. The second kappa shape index (κ2) is 8.61. The monoisotopic (exact) mass is 437 g/mol. The Morgan fingerprint density at radius 3 is 2.80 bits per heavy atom. The van der Waals surface area contributed by atoms with Gasteiger partial charge < -0.3 is 10.0 Å². The summed E-state index contributed by atoms with van der Waals surface area (Å²) >= 11 is 5.99. The highest BCUT2D eigenvalue weighted by molar-refractivity contribution is 7.91. The van der Waals surface area contributed by atoms with Crippen molar-refractivity contribution in [2.75, 3.05) is 4.72 Å². The number of ketones is 1. The molecule has 2 aromatic carbocycles. The largest absolute Gasteiger partial charge is 0.348 e. The van der Waals surface area contributed by atoms with Crippen LogP contribution in [-0.4, -0.2) is 20.9 Å². The van der Waals surface area contributed by atoms with Gasteiger partial charge in [0, 0.05) is 35.1 Å². The molecule has 1 atom stereocenters. The summed E-state index contributed by atoms with van der Waals surface area (Å²) in [6.07, 6.45) is 4.87. The Morgan fingerprint density at radius 2 is 2.03 bits per heavy atom. The van der Waals surface area contributed by atoms with Gasteiger partial charge in [-0.25, -0.2) is 4.21 Å². The summed E-state index contributed by atoms with van der Waals surface area (Å²) in [4.78, 5) is 29.6. The maximum absolute atomic E-state index is 13.0. The molecule has 3 aromatic rings. The molecule has 4 rings (SSSR count). The quantitative estimate of drug-likeness (QED) is 0.604. The molecule has 0 aliphatic carbocycles. The molecule has 1 aromatic heterocycles. The van der Waals surface area contributed by atoms with Crippen molar-refractivity contribution in [2.45, 2.75) is 6.54 Å². The summed E-state index contributed by atoms with van der Waals surface area (Å²) < 4.78 is 15.3. The van der Waals surface area contributed by atoms with E-state index in [-0.39, 0.29) is 16.4 Å². The van der Waals surface area contributed by atoms with Gasteiger partial charge in [0.05, 0.1) is 5.69 Å². The van der Waals surface area contributed by atoms with Crippen molar-refractivity contribution in [3.63, 3.8) is 0 Å². The van der Waals surface area contributed by atoms with Crippen molar-refractivity contribution in [3.8, 4) is 0 Å². The standard InChI is InChI=1S/C22H16ClN3O3S/c23-17-5-1-3-14(9-17)10-20-21(27)18-11-16(6-7-19(18)26-30(20)29)22(28)25-13-15-4-2-8-24-12-15/h1-12,26H,13H2,(H,25,28)/b20-10-. The maximum atomic E-state index is 13.0. The normalized spacial score (nSPS) is 16.6. The van der Waals surface area contributed by atoms with E-state index in [1.54, 1.807) is 54.9 Å². The number of carbonyl (C=O) groups excluding carboxylic acids is 2. The smallest absolute Gasteiger partial charge is 0.251 e. The number of fused-ring (bicyclic) bond motifs is 1. The number of allylic oxidation sites excluding steroid dienone is 1. The number of hydrogen-bond acceptors (Lipinski definition) is 4. The summed E-state index contributed by atoms with van der Waals surface area (Å²) in [7, 11) is -1.71. The van der Waals surface area contributed by atoms with Crippen LogP contribution in [0.2, 0.25) is 5.02 Å². The number of carbonyl (C=O) groups is 2. The van der Waals surface area contributed by atoms with Crippen LogP contribution in [0.15, 0.2) is 71.9 Å². The molecule has 2 N–H and O–H groups in total. The molecule has 1 aliphatic rings. The molecule has 8 heteroatoms. The van der Waals surface area contributed by atoms with Gasteiger partial charge in [-0.05, 0) is 53.6 Å². The summed E-state index contributed by atoms with van der Waals surface area (Å²) in [5.41, 5.74) is 2.57. The minimum atomic E-state index is -1.71. The van der Waals surface area contributed by atoms with Gasteiger partial charge in [0.1, 0.15) is 4.91 Å². The van der Waals surface area contributed by atoms with Crippen LogP contribution in [0.25, 0.3) is 6.08 Å². The van der Waals surface area contributed by atoms with E-state index in [4.69, 9.17) is 11.6 Å². The lowest BCUT2D eigenvalue weighted by Gasteiger charge is -2.19. The molecule has 0 radical (unpaired) electrons. The Bertz CT molecular complexity index is 1200. The number of benzene rings is 2. The number of nitrogens with zero attached hydrogens (tertiary/aromatic N) is 1. The Morgan fingerprint density at radius 1 is 1.17 bits per heavy atom. The number of pyridine rings is 1. The van der Waals surface area contributed by atoms with Crippen LogP contribution in [0.4, 0.5) is 5.69 Å². The van der Waals surface area contributed by atoms with E-state index in [0.29, 0.717) is 28.4 Å². The van der Waals surface area contributed by atoms with Crippen molar-refractivity contribution in [1.82, 2.24) is 10.3 Å². The number of Topliss-reactive ketones (excluding diaryl/α,β-unsaturated/α-hetero) is 1. The number of hydrogen-bond donors (Lipinski definition) is 2. The lowest BCUT2D eigenvalue weighted by molar-refractivity contribution is 0.0951. The Balaban J connectivity index is 1.59. The highest BCUT2D eigenvalue weighted by Gasteiger charge is 2.28. The van der Waals surface area contributed by atoms with Crippen LogP contribution >= 0.6 is 11.6 Å². The predicted octanol–water partition coefficient (Wildman–Crippen LogP) is 3.98. The van der Waals surface area contributed by atoms with E-state index in [1.165, 1.54) is 12.1 Å². The van der Waals surface area contributed by atoms with Gasteiger partial charge in [0.25, 0.3) is 5.91 Å². The topological polar surface area (TPSA) is 88.2 Å². The highest BCUT2D eigenvalue weighted by Crippen LogP contribution is 2.30. The highest BCUT2D eigenvalue weighted by atomic mass is 35.5. The van der Waals surface area contributed by atoms with E-state index in [0.717, 1.165) is 5.56 Å². The number of halogens is 1. The lowest BCUT2D eigenvalue weighted by atomic mass is 10.0. The molecule has 30 heavy (non-hydrogen) atoms. The van der Waals surface area contributed by atoms with E-state index in [9.17, 15) is 13.8 Å². The third kappa shape index (κ3) is 4.32. The van der Waals surface area contributed by atoms with Crippen LogP contribution in [0, 0.1) is 0 Å². The first kappa shape index (κ1) is 20.0. The van der Waals surface area contributed by atoms with Crippen molar-refractivity contribution in [2.24, 2.45) is 0 Å². The van der Waals surface area contributed by atoms with E-state index in [2.05, 4.69) is 15.0 Å². The molecular weight excluding hydrogens is 422 g/mol. The van der Waals surface area contributed by atoms with Gasteiger partial charge in [0.15, 0.2) is 11.0 Å². The van der Waals surface area contributed by atoms with Gasteiger partial charge in [-0.15, -0.1) is 0 Å². The maximum Gasteiger partial charge on any atom is 0.251 e. The molecule has 150 valence electrons. The molecule has 6 nitrogen and oxygen atoms in total. The summed E-state index contributed by atoms with van der Waals surface area (Å²) in [6, 6.07) is 15.2. The van der Waals surface area contributed by atoms with Crippen LogP contribution in [0.3, 0.4) is 0 Å². The Kier molecular flexibility index (Phi) is 5.74. The van der Waals surface area contributed by atoms with E-state index >= 15 is 0 Å². The first-order valence-electron chi connectivity index (χ1n) is 9.03. The number of amides is 1. The zero-order chi connectivity index (χ0) is 21.1. The zero-order valence-electron chi connectivity index (χ0n) is 15.6. The number of nitrogens with one attached hydrogen (secondary N) is 2. The fourth-order valence-electron chi connectivity index (χ4n) is 2.99. The number of rotatable bonds is 4. The summed E-state index contributed by atoms with van der Waals surface area (Å²) in [6.45, 7) is 0.319.